The van der Waals surface area contributed by atoms with Crippen molar-refractivity contribution in [1.29, 1.82) is 0 Å². The maximum absolute atomic E-state index is 12.7. The molecular weight excluding hydrogens is 324 g/mol. The summed E-state index contributed by atoms with van der Waals surface area (Å²) in [6, 6.07) is 15.1. The van der Waals surface area contributed by atoms with Gasteiger partial charge in [-0.25, -0.2) is 0 Å². The highest BCUT2D eigenvalue weighted by molar-refractivity contribution is 5.97. The average molecular weight is 350 g/mol. The Balaban J connectivity index is 1.70. The van der Waals surface area contributed by atoms with Crippen molar-refractivity contribution in [2.24, 2.45) is 0 Å². The van der Waals surface area contributed by atoms with Gasteiger partial charge in [0.05, 0.1) is 0 Å². The molecule has 2 aromatic carbocycles. The summed E-state index contributed by atoms with van der Waals surface area (Å²) in [4.78, 5) is 25.3. The van der Waals surface area contributed by atoms with Gasteiger partial charge in [-0.15, -0.1) is 0 Å². The molecule has 3 rings (SSSR count). The predicted octanol–water partition coefficient (Wildman–Crippen LogP) is 3.77. The Bertz CT molecular complexity index is 733. The van der Waals surface area contributed by atoms with E-state index in [1.807, 2.05) is 62.4 Å². The topological polar surface area (TPSA) is 58.2 Å². The van der Waals surface area contributed by atoms with Crippen molar-refractivity contribution in [2.75, 3.05) is 0 Å². The van der Waals surface area contributed by atoms with Crippen LogP contribution in [0, 0.1) is 13.8 Å². The number of amides is 2. The van der Waals surface area contributed by atoms with Gasteiger partial charge in [0.1, 0.15) is 0 Å². The van der Waals surface area contributed by atoms with E-state index in [2.05, 4.69) is 10.6 Å². The fourth-order valence-corrected chi connectivity index (χ4v) is 3.62. The molecule has 0 heterocycles. The minimum atomic E-state index is -0.0647. The van der Waals surface area contributed by atoms with Crippen LogP contribution in [-0.4, -0.2) is 23.9 Å². The number of rotatable bonds is 4. The Morgan fingerprint density at radius 2 is 1.12 bits per heavy atom. The third-order valence-corrected chi connectivity index (χ3v) is 5.18. The summed E-state index contributed by atoms with van der Waals surface area (Å²) in [5, 5.41) is 6.29. The first-order valence-electron chi connectivity index (χ1n) is 9.29. The van der Waals surface area contributed by atoms with Crippen LogP contribution >= 0.6 is 0 Å². The average Bonchev–Trinajstić information content (AvgIpc) is 2.64. The van der Waals surface area contributed by atoms with E-state index >= 15 is 0 Å². The molecule has 0 spiro atoms. The van der Waals surface area contributed by atoms with Gasteiger partial charge in [0.25, 0.3) is 11.8 Å². The molecule has 0 saturated heterocycles. The first-order valence-corrected chi connectivity index (χ1v) is 9.29. The number of carbonyl (C=O) groups excluding carboxylic acids is 2. The molecule has 4 heteroatoms. The summed E-state index contributed by atoms with van der Waals surface area (Å²) in [6.45, 7) is 3.88. The number of nitrogens with one attached hydrogen (secondary N) is 2. The Hall–Kier alpha value is -2.62. The van der Waals surface area contributed by atoms with Gasteiger partial charge in [0.15, 0.2) is 0 Å². The standard InChI is InChI=1S/C22H26N2O2/c1-15-9-3-5-11-17(15)21(25)23-19-13-7-8-14-20(19)24-22(26)18-12-6-4-10-16(18)2/h3-6,9-12,19-20H,7-8,13-14H2,1-2H3,(H,23,25)(H,24,26)/t19-,20-/m1/s1. The molecule has 136 valence electrons. The Kier molecular flexibility index (Phi) is 5.71. The third-order valence-electron chi connectivity index (χ3n) is 5.18. The highest BCUT2D eigenvalue weighted by atomic mass is 16.2. The zero-order chi connectivity index (χ0) is 18.5. The van der Waals surface area contributed by atoms with Gasteiger partial charge < -0.3 is 10.6 Å². The molecule has 0 bridgehead atoms. The Labute approximate surface area is 155 Å². The minimum absolute atomic E-state index is 0.0381. The first kappa shape index (κ1) is 18.2. The molecule has 0 aromatic heterocycles. The molecule has 1 saturated carbocycles. The van der Waals surface area contributed by atoms with Crippen molar-refractivity contribution in [3.8, 4) is 0 Å². The molecule has 0 aliphatic heterocycles. The van der Waals surface area contributed by atoms with Crippen LogP contribution in [0.2, 0.25) is 0 Å². The summed E-state index contributed by atoms with van der Waals surface area (Å²) in [5.41, 5.74) is 3.31. The number of aryl methyl sites for hydroxylation is 2. The van der Waals surface area contributed by atoms with Crippen molar-refractivity contribution < 1.29 is 9.59 Å². The van der Waals surface area contributed by atoms with Gasteiger partial charge in [0.2, 0.25) is 0 Å². The van der Waals surface area contributed by atoms with Crippen LogP contribution < -0.4 is 10.6 Å². The SMILES string of the molecule is Cc1ccccc1C(=O)N[C@@H]1CCCC[C@H]1NC(=O)c1ccccc1C. The zero-order valence-corrected chi connectivity index (χ0v) is 15.4. The van der Waals surface area contributed by atoms with Crippen molar-refractivity contribution in [3.63, 3.8) is 0 Å². The summed E-state index contributed by atoms with van der Waals surface area (Å²) in [6.07, 6.45) is 3.90. The lowest BCUT2D eigenvalue weighted by molar-refractivity contribution is 0.0862. The molecule has 0 unspecified atom stereocenters. The Morgan fingerprint density at radius 1 is 0.731 bits per heavy atom. The fourth-order valence-electron chi connectivity index (χ4n) is 3.62. The summed E-state index contributed by atoms with van der Waals surface area (Å²) in [5.74, 6) is -0.129. The molecule has 1 aliphatic rings. The highest BCUT2D eigenvalue weighted by Crippen LogP contribution is 2.20. The Morgan fingerprint density at radius 3 is 1.50 bits per heavy atom. The molecule has 2 atom stereocenters. The van der Waals surface area contributed by atoms with E-state index in [9.17, 15) is 9.59 Å². The van der Waals surface area contributed by atoms with E-state index in [-0.39, 0.29) is 23.9 Å². The van der Waals surface area contributed by atoms with Crippen molar-refractivity contribution >= 4 is 11.8 Å². The van der Waals surface area contributed by atoms with E-state index in [1.165, 1.54) is 0 Å². The second kappa shape index (κ2) is 8.17. The maximum atomic E-state index is 12.7. The molecule has 2 N–H and O–H groups in total. The molecule has 2 amide bonds. The predicted molar refractivity (Wildman–Crippen MR) is 103 cm³/mol. The smallest absolute Gasteiger partial charge is 0.251 e. The van der Waals surface area contributed by atoms with E-state index in [0.29, 0.717) is 11.1 Å². The molecule has 1 aliphatic carbocycles. The van der Waals surface area contributed by atoms with Gasteiger partial charge in [-0.3, -0.25) is 9.59 Å². The summed E-state index contributed by atoms with van der Waals surface area (Å²) in [7, 11) is 0. The lowest BCUT2D eigenvalue weighted by Gasteiger charge is -2.33. The minimum Gasteiger partial charge on any atom is -0.347 e. The largest absolute Gasteiger partial charge is 0.347 e. The van der Waals surface area contributed by atoms with Gasteiger partial charge >= 0.3 is 0 Å². The quantitative estimate of drug-likeness (QED) is 0.882. The summed E-state index contributed by atoms with van der Waals surface area (Å²) < 4.78 is 0. The van der Waals surface area contributed by atoms with Crippen molar-refractivity contribution in [2.45, 2.75) is 51.6 Å². The van der Waals surface area contributed by atoms with E-state index in [0.717, 1.165) is 36.8 Å². The van der Waals surface area contributed by atoms with Crippen LogP contribution in [0.5, 0.6) is 0 Å². The van der Waals surface area contributed by atoms with Crippen molar-refractivity contribution in [3.05, 3.63) is 70.8 Å². The molecule has 0 radical (unpaired) electrons. The van der Waals surface area contributed by atoms with Gasteiger partial charge in [-0.1, -0.05) is 49.2 Å². The molecule has 26 heavy (non-hydrogen) atoms. The second-order valence-corrected chi connectivity index (χ2v) is 7.07. The van der Waals surface area contributed by atoms with Gasteiger partial charge in [0, 0.05) is 23.2 Å². The van der Waals surface area contributed by atoms with Crippen LogP contribution in [0.3, 0.4) is 0 Å². The number of hydrogen-bond acceptors (Lipinski definition) is 2. The van der Waals surface area contributed by atoms with Crippen LogP contribution in [0.15, 0.2) is 48.5 Å². The number of carbonyl (C=O) groups is 2. The van der Waals surface area contributed by atoms with Crippen LogP contribution in [0.25, 0.3) is 0 Å². The second-order valence-electron chi connectivity index (χ2n) is 7.07. The molecule has 4 nitrogen and oxygen atoms in total. The van der Waals surface area contributed by atoms with E-state index < -0.39 is 0 Å². The van der Waals surface area contributed by atoms with Crippen LogP contribution in [-0.2, 0) is 0 Å². The fraction of sp³-hybridized carbons (Fsp3) is 0.364. The lowest BCUT2D eigenvalue weighted by Crippen LogP contribution is -2.53. The first-order chi connectivity index (χ1) is 12.6. The maximum Gasteiger partial charge on any atom is 0.251 e. The van der Waals surface area contributed by atoms with E-state index in [4.69, 9.17) is 0 Å². The molecule has 2 aromatic rings. The molecular formula is C22H26N2O2. The lowest BCUT2D eigenvalue weighted by atomic mass is 9.89. The van der Waals surface area contributed by atoms with Crippen LogP contribution in [0.4, 0.5) is 0 Å². The van der Waals surface area contributed by atoms with E-state index in [1.54, 1.807) is 0 Å². The monoisotopic (exact) mass is 350 g/mol. The van der Waals surface area contributed by atoms with Crippen LogP contribution in [0.1, 0.15) is 57.5 Å². The highest BCUT2D eigenvalue weighted by Gasteiger charge is 2.28. The normalized spacial score (nSPS) is 19.6. The number of hydrogen-bond donors (Lipinski definition) is 2. The summed E-state index contributed by atoms with van der Waals surface area (Å²) >= 11 is 0. The van der Waals surface area contributed by atoms with Crippen molar-refractivity contribution in [1.82, 2.24) is 10.6 Å². The third kappa shape index (κ3) is 4.13. The molecule has 1 fully saturated rings. The number of benzene rings is 2. The van der Waals surface area contributed by atoms with Gasteiger partial charge in [-0.2, -0.15) is 0 Å². The zero-order valence-electron chi connectivity index (χ0n) is 15.4. The van der Waals surface area contributed by atoms with Gasteiger partial charge in [-0.05, 0) is 49.9 Å².